The van der Waals surface area contributed by atoms with Crippen molar-refractivity contribution in [2.24, 2.45) is 5.92 Å². The number of nitrogens with zero attached hydrogens (tertiary/aromatic N) is 1. The molecule has 0 spiro atoms. The molecular weight excluding hydrogens is 392 g/mol. The number of fused-ring (bicyclic) bond motifs is 4. The molecule has 164 valence electrons. The number of ether oxygens (including phenoxy) is 2. The summed E-state index contributed by atoms with van der Waals surface area (Å²) in [4.78, 5) is 28.9. The molecule has 1 N–H and O–H groups in total. The predicted octanol–water partition coefficient (Wildman–Crippen LogP) is 3.70. The van der Waals surface area contributed by atoms with Gasteiger partial charge in [0.25, 0.3) is 5.91 Å². The van der Waals surface area contributed by atoms with E-state index in [1.54, 1.807) is 26.4 Å². The van der Waals surface area contributed by atoms with Crippen LogP contribution in [-0.4, -0.2) is 44.0 Å². The van der Waals surface area contributed by atoms with Crippen molar-refractivity contribution >= 4 is 11.8 Å². The number of benzene rings is 2. The fourth-order valence-corrected chi connectivity index (χ4v) is 4.73. The Kier molecular flexibility index (Phi) is 5.90. The third kappa shape index (κ3) is 3.75. The Morgan fingerprint density at radius 1 is 1.13 bits per heavy atom. The molecule has 2 unspecified atom stereocenters. The molecule has 0 bridgehead atoms. The van der Waals surface area contributed by atoms with E-state index >= 15 is 0 Å². The first-order valence-corrected chi connectivity index (χ1v) is 10.9. The van der Waals surface area contributed by atoms with Gasteiger partial charge in [0.1, 0.15) is 0 Å². The summed E-state index contributed by atoms with van der Waals surface area (Å²) in [5.74, 6) is 0.865. The smallest absolute Gasteiger partial charge is 0.254 e. The van der Waals surface area contributed by atoms with Gasteiger partial charge in [-0.25, -0.2) is 0 Å². The summed E-state index contributed by atoms with van der Waals surface area (Å²) in [6.45, 7) is 5.47. The van der Waals surface area contributed by atoms with Crippen molar-refractivity contribution in [1.82, 2.24) is 10.2 Å². The summed E-state index contributed by atoms with van der Waals surface area (Å²) in [5, 5.41) is 3.12. The Morgan fingerprint density at radius 2 is 1.84 bits per heavy atom. The van der Waals surface area contributed by atoms with Gasteiger partial charge >= 0.3 is 0 Å². The summed E-state index contributed by atoms with van der Waals surface area (Å²) < 4.78 is 10.9. The molecule has 0 aliphatic carbocycles. The number of rotatable bonds is 6. The number of methoxy groups -OCH3 is 2. The molecule has 0 aromatic heterocycles. The van der Waals surface area contributed by atoms with E-state index in [-0.39, 0.29) is 17.9 Å². The molecule has 2 heterocycles. The standard InChI is InChI=1S/C25H30N2O4/c1-15(2)9-11-26-24(28)22-18-13-20(30-3)21(31-4)14-19(18)25(29)27-12-10-16-7-5-6-8-17(16)23(22)27/h5-8,13-15,22-23H,9-12H2,1-4H3,(H,26,28). The minimum Gasteiger partial charge on any atom is -0.493 e. The van der Waals surface area contributed by atoms with Crippen LogP contribution < -0.4 is 14.8 Å². The molecule has 2 aliphatic rings. The molecular formula is C25H30N2O4. The number of nitrogens with one attached hydrogen (secondary N) is 1. The van der Waals surface area contributed by atoms with Gasteiger partial charge in [-0.05, 0) is 47.6 Å². The van der Waals surface area contributed by atoms with Crippen LogP contribution >= 0.6 is 0 Å². The molecule has 0 saturated carbocycles. The third-order valence-electron chi connectivity index (χ3n) is 6.33. The van der Waals surface area contributed by atoms with Crippen LogP contribution in [0.25, 0.3) is 0 Å². The second-order valence-electron chi connectivity index (χ2n) is 8.64. The summed E-state index contributed by atoms with van der Waals surface area (Å²) in [7, 11) is 3.11. The van der Waals surface area contributed by atoms with E-state index in [4.69, 9.17) is 9.47 Å². The largest absolute Gasteiger partial charge is 0.493 e. The Balaban J connectivity index is 1.84. The highest BCUT2D eigenvalue weighted by Crippen LogP contribution is 2.48. The Bertz CT molecular complexity index is 1000. The lowest BCUT2D eigenvalue weighted by Crippen LogP contribution is -2.50. The quantitative estimate of drug-likeness (QED) is 0.771. The second kappa shape index (κ2) is 8.61. The molecule has 2 aromatic rings. The molecule has 31 heavy (non-hydrogen) atoms. The van der Waals surface area contributed by atoms with Gasteiger partial charge in [0, 0.05) is 18.7 Å². The van der Waals surface area contributed by atoms with Crippen LogP contribution in [0.4, 0.5) is 0 Å². The highest BCUT2D eigenvalue weighted by atomic mass is 16.5. The average Bonchev–Trinajstić information content (AvgIpc) is 2.78. The van der Waals surface area contributed by atoms with Crippen molar-refractivity contribution in [3.63, 3.8) is 0 Å². The topological polar surface area (TPSA) is 67.9 Å². The lowest BCUT2D eigenvalue weighted by atomic mass is 9.75. The summed E-state index contributed by atoms with van der Waals surface area (Å²) in [6.07, 6.45) is 1.68. The van der Waals surface area contributed by atoms with E-state index in [2.05, 4.69) is 25.2 Å². The van der Waals surface area contributed by atoms with Crippen molar-refractivity contribution < 1.29 is 19.1 Å². The average molecular weight is 423 g/mol. The van der Waals surface area contributed by atoms with Crippen LogP contribution in [-0.2, 0) is 11.2 Å². The van der Waals surface area contributed by atoms with Gasteiger partial charge in [-0.2, -0.15) is 0 Å². The first kappa shape index (κ1) is 21.2. The number of carbonyl (C=O) groups is 2. The third-order valence-corrected chi connectivity index (χ3v) is 6.33. The molecule has 2 amide bonds. The zero-order chi connectivity index (χ0) is 22.1. The molecule has 0 saturated heterocycles. The van der Waals surface area contributed by atoms with E-state index in [9.17, 15) is 9.59 Å². The highest BCUT2D eigenvalue weighted by Gasteiger charge is 2.46. The van der Waals surface area contributed by atoms with Gasteiger partial charge < -0.3 is 19.7 Å². The van der Waals surface area contributed by atoms with Crippen molar-refractivity contribution in [2.75, 3.05) is 27.3 Å². The van der Waals surface area contributed by atoms with Crippen molar-refractivity contribution in [3.05, 3.63) is 58.7 Å². The predicted molar refractivity (Wildman–Crippen MR) is 119 cm³/mol. The minimum atomic E-state index is -0.513. The van der Waals surface area contributed by atoms with E-state index in [0.717, 1.165) is 18.4 Å². The normalized spacial score (nSPS) is 19.4. The minimum absolute atomic E-state index is 0.0617. The number of carbonyl (C=O) groups excluding carboxylic acids is 2. The lowest BCUT2D eigenvalue weighted by Gasteiger charge is -2.45. The van der Waals surface area contributed by atoms with Gasteiger partial charge in [-0.1, -0.05) is 38.1 Å². The Morgan fingerprint density at radius 3 is 2.55 bits per heavy atom. The van der Waals surface area contributed by atoms with E-state index in [1.807, 2.05) is 23.1 Å². The van der Waals surface area contributed by atoms with Crippen LogP contribution in [0.3, 0.4) is 0 Å². The fraction of sp³-hybridized carbons (Fsp3) is 0.440. The van der Waals surface area contributed by atoms with Crippen molar-refractivity contribution in [2.45, 2.75) is 38.6 Å². The highest BCUT2D eigenvalue weighted by molar-refractivity contribution is 6.02. The maximum atomic E-state index is 13.5. The van der Waals surface area contributed by atoms with E-state index in [0.29, 0.717) is 41.6 Å². The van der Waals surface area contributed by atoms with Gasteiger partial charge in [-0.3, -0.25) is 9.59 Å². The van der Waals surface area contributed by atoms with Crippen molar-refractivity contribution in [1.29, 1.82) is 0 Å². The lowest BCUT2D eigenvalue weighted by molar-refractivity contribution is -0.124. The zero-order valence-electron chi connectivity index (χ0n) is 18.6. The van der Waals surface area contributed by atoms with Gasteiger partial charge in [0.2, 0.25) is 5.91 Å². The molecule has 2 aliphatic heterocycles. The summed E-state index contributed by atoms with van der Waals surface area (Å²) >= 11 is 0. The van der Waals surface area contributed by atoms with Crippen LogP contribution in [0.1, 0.15) is 59.3 Å². The summed E-state index contributed by atoms with van der Waals surface area (Å²) in [6, 6.07) is 11.3. The molecule has 2 aromatic carbocycles. The number of amides is 2. The maximum Gasteiger partial charge on any atom is 0.254 e. The summed E-state index contributed by atoms with van der Waals surface area (Å²) in [5.41, 5.74) is 3.45. The monoisotopic (exact) mass is 422 g/mol. The number of hydrogen-bond donors (Lipinski definition) is 1. The first-order valence-electron chi connectivity index (χ1n) is 10.9. The number of hydrogen-bond acceptors (Lipinski definition) is 4. The van der Waals surface area contributed by atoms with Gasteiger partial charge in [0.15, 0.2) is 11.5 Å². The van der Waals surface area contributed by atoms with Crippen molar-refractivity contribution in [3.8, 4) is 11.5 Å². The maximum absolute atomic E-state index is 13.5. The Labute approximate surface area is 183 Å². The van der Waals surface area contributed by atoms with Crippen LogP contribution in [0.2, 0.25) is 0 Å². The van der Waals surface area contributed by atoms with E-state index < -0.39 is 5.92 Å². The molecule has 6 nitrogen and oxygen atoms in total. The Hall–Kier alpha value is -3.02. The molecule has 0 fully saturated rings. The molecule has 6 heteroatoms. The van der Waals surface area contributed by atoms with Crippen LogP contribution in [0, 0.1) is 5.92 Å². The van der Waals surface area contributed by atoms with E-state index in [1.165, 1.54) is 5.56 Å². The van der Waals surface area contributed by atoms with Gasteiger partial charge in [0.05, 0.1) is 26.2 Å². The molecule has 4 rings (SSSR count). The van der Waals surface area contributed by atoms with Gasteiger partial charge in [-0.15, -0.1) is 0 Å². The SMILES string of the molecule is COc1cc2c(cc1OC)C(C(=O)NCCC(C)C)C1c3ccccc3CCN1C2=O. The second-order valence-corrected chi connectivity index (χ2v) is 8.64. The fourth-order valence-electron chi connectivity index (χ4n) is 4.73. The van der Waals surface area contributed by atoms with Crippen LogP contribution in [0.5, 0.6) is 11.5 Å². The molecule has 0 radical (unpaired) electrons. The zero-order valence-corrected chi connectivity index (χ0v) is 18.6. The first-order chi connectivity index (χ1) is 15.0. The molecule has 2 atom stereocenters. The van der Waals surface area contributed by atoms with Crippen LogP contribution in [0.15, 0.2) is 36.4 Å².